The zero-order valence-electron chi connectivity index (χ0n) is 6.37. The van der Waals surface area contributed by atoms with Crippen LogP contribution in [0.1, 0.15) is 26.2 Å². The van der Waals surface area contributed by atoms with Gasteiger partial charge in [0.25, 0.3) is 0 Å². The van der Waals surface area contributed by atoms with E-state index in [0.717, 1.165) is 19.1 Å². The van der Waals surface area contributed by atoms with Crippen LogP contribution in [0.2, 0.25) is 0 Å². The maximum atomic E-state index is 10.6. The molecule has 0 aromatic rings. The highest BCUT2D eigenvalue weighted by atomic mass is 32.2. The van der Waals surface area contributed by atoms with Gasteiger partial charge < -0.3 is 5.11 Å². The predicted molar refractivity (Wildman–Crippen MR) is 40.4 cm³/mol. The Morgan fingerprint density at radius 2 is 2.00 bits per heavy atom. The van der Waals surface area contributed by atoms with E-state index in [1.165, 1.54) is 0 Å². The molecule has 4 heteroatoms. The van der Waals surface area contributed by atoms with Gasteiger partial charge in [0.2, 0.25) is 0 Å². The van der Waals surface area contributed by atoms with Gasteiger partial charge in [0, 0.05) is 6.26 Å². The molecule has 0 amide bonds. The van der Waals surface area contributed by atoms with Gasteiger partial charge in [0.15, 0.2) is 15.3 Å². The molecule has 0 aromatic heterocycles. The number of hydrogen-bond acceptors (Lipinski definition) is 3. The summed E-state index contributed by atoms with van der Waals surface area (Å²) in [5.74, 6) is 0. The van der Waals surface area contributed by atoms with Crippen LogP contribution in [0.3, 0.4) is 0 Å². The highest BCUT2D eigenvalue weighted by molar-refractivity contribution is 7.91. The Bertz CT molecular complexity index is 171. The summed E-state index contributed by atoms with van der Waals surface area (Å²) in [5.41, 5.74) is -1.16. The molecule has 0 aliphatic carbocycles. The summed E-state index contributed by atoms with van der Waals surface area (Å²) in [6, 6.07) is 0. The molecule has 0 rings (SSSR count). The SMILES string of the molecule is CCCCC(O)S(C)(=O)=O. The van der Waals surface area contributed by atoms with Crippen molar-refractivity contribution in [1.29, 1.82) is 0 Å². The summed E-state index contributed by atoms with van der Waals surface area (Å²) in [4.78, 5) is 0. The van der Waals surface area contributed by atoms with E-state index in [-0.39, 0.29) is 0 Å². The number of unbranched alkanes of at least 4 members (excludes halogenated alkanes) is 1. The van der Waals surface area contributed by atoms with Crippen molar-refractivity contribution in [3.8, 4) is 0 Å². The average molecular weight is 166 g/mol. The Morgan fingerprint density at radius 3 is 2.30 bits per heavy atom. The van der Waals surface area contributed by atoms with Gasteiger partial charge in [-0.1, -0.05) is 19.8 Å². The minimum atomic E-state index is -3.22. The van der Waals surface area contributed by atoms with Gasteiger partial charge in [0.05, 0.1) is 0 Å². The first-order valence-electron chi connectivity index (χ1n) is 3.35. The molecule has 1 N–H and O–H groups in total. The summed E-state index contributed by atoms with van der Waals surface area (Å²) >= 11 is 0. The predicted octanol–water partition coefficient (Wildman–Crippen LogP) is 0.540. The van der Waals surface area contributed by atoms with Gasteiger partial charge in [-0.25, -0.2) is 8.42 Å². The van der Waals surface area contributed by atoms with Gasteiger partial charge in [-0.05, 0) is 6.42 Å². The minimum absolute atomic E-state index is 0.356. The molecule has 0 aromatic carbocycles. The molecule has 0 bridgehead atoms. The van der Waals surface area contributed by atoms with Crippen LogP contribution >= 0.6 is 0 Å². The minimum Gasteiger partial charge on any atom is -0.377 e. The fourth-order valence-electron chi connectivity index (χ4n) is 0.593. The lowest BCUT2D eigenvalue weighted by molar-refractivity contribution is 0.235. The summed E-state index contributed by atoms with van der Waals surface area (Å²) < 4.78 is 21.2. The third kappa shape index (κ3) is 3.85. The number of rotatable bonds is 4. The fourth-order valence-corrected chi connectivity index (χ4v) is 1.19. The Morgan fingerprint density at radius 1 is 1.50 bits per heavy atom. The van der Waals surface area contributed by atoms with Gasteiger partial charge in [-0.3, -0.25) is 0 Å². The van der Waals surface area contributed by atoms with E-state index in [4.69, 9.17) is 5.11 Å². The van der Waals surface area contributed by atoms with Gasteiger partial charge >= 0.3 is 0 Å². The normalized spacial score (nSPS) is 15.1. The summed E-state index contributed by atoms with van der Waals surface area (Å²) in [7, 11) is -3.22. The first-order valence-corrected chi connectivity index (χ1v) is 5.31. The van der Waals surface area contributed by atoms with Crippen molar-refractivity contribution < 1.29 is 13.5 Å². The Hall–Kier alpha value is -0.0900. The fraction of sp³-hybridized carbons (Fsp3) is 1.00. The second kappa shape index (κ2) is 3.93. The second-order valence-electron chi connectivity index (χ2n) is 2.43. The number of aliphatic hydroxyl groups is 1. The second-order valence-corrected chi connectivity index (χ2v) is 4.63. The molecule has 0 radical (unpaired) electrons. The monoisotopic (exact) mass is 166 g/mol. The number of hydrogen-bond donors (Lipinski definition) is 1. The molecule has 0 spiro atoms. The Kier molecular flexibility index (Phi) is 3.89. The van der Waals surface area contributed by atoms with Crippen molar-refractivity contribution in [2.75, 3.05) is 6.26 Å². The van der Waals surface area contributed by atoms with Crippen molar-refractivity contribution in [1.82, 2.24) is 0 Å². The molecule has 62 valence electrons. The zero-order chi connectivity index (χ0) is 8.20. The van der Waals surface area contributed by atoms with Crippen LogP contribution in [0, 0.1) is 0 Å². The van der Waals surface area contributed by atoms with Crippen molar-refractivity contribution in [3.05, 3.63) is 0 Å². The van der Waals surface area contributed by atoms with E-state index in [9.17, 15) is 8.42 Å². The van der Waals surface area contributed by atoms with E-state index in [0.29, 0.717) is 6.42 Å². The van der Waals surface area contributed by atoms with E-state index in [2.05, 4.69) is 0 Å². The Labute approximate surface area is 62.0 Å². The summed E-state index contributed by atoms with van der Waals surface area (Å²) in [6.07, 6.45) is 3.07. The molecule has 1 unspecified atom stereocenters. The molecule has 0 saturated carbocycles. The van der Waals surface area contributed by atoms with Crippen LogP contribution < -0.4 is 0 Å². The van der Waals surface area contributed by atoms with Crippen molar-refractivity contribution in [2.24, 2.45) is 0 Å². The lowest BCUT2D eigenvalue weighted by atomic mass is 10.3. The molecule has 1 atom stereocenters. The van der Waals surface area contributed by atoms with Crippen LogP contribution in [0.15, 0.2) is 0 Å². The first-order chi connectivity index (χ1) is 4.48. The molecule has 0 heterocycles. The zero-order valence-corrected chi connectivity index (χ0v) is 7.19. The van der Waals surface area contributed by atoms with Crippen LogP contribution in [0.5, 0.6) is 0 Å². The highest BCUT2D eigenvalue weighted by Crippen LogP contribution is 2.04. The van der Waals surface area contributed by atoms with E-state index < -0.39 is 15.3 Å². The topological polar surface area (TPSA) is 54.4 Å². The first kappa shape index (κ1) is 9.91. The highest BCUT2D eigenvalue weighted by Gasteiger charge is 2.14. The quantitative estimate of drug-likeness (QED) is 0.663. The summed E-state index contributed by atoms with van der Waals surface area (Å²) in [6.45, 7) is 1.95. The maximum Gasteiger partial charge on any atom is 0.173 e. The largest absolute Gasteiger partial charge is 0.377 e. The molecule has 10 heavy (non-hydrogen) atoms. The number of sulfone groups is 1. The van der Waals surface area contributed by atoms with E-state index in [1.807, 2.05) is 6.92 Å². The molecular weight excluding hydrogens is 152 g/mol. The van der Waals surface area contributed by atoms with Crippen molar-refractivity contribution >= 4 is 9.84 Å². The molecular formula is C6H14O3S. The number of aliphatic hydroxyl groups excluding tert-OH is 1. The van der Waals surface area contributed by atoms with Crippen LogP contribution in [0.4, 0.5) is 0 Å². The van der Waals surface area contributed by atoms with Crippen LogP contribution in [-0.4, -0.2) is 25.2 Å². The average Bonchev–Trinajstić information content (AvgIpc) is 1.80. The Balaban J connectivity index is 3.75. The third-order valence-electron chi connectivity index (χ3n) is 1.30. The van der Waals surface area contributed by atoms with E-state index in [1.54, 1.807) is 0 Å². The lowest BCUT2D eigenvalue weighted by Crippen LogP contribution is -2.18. The van der Waals surface area contributed by atoms with Crippen LogP contribution in [0.25, 0.3) is 0 Å². The summed E-state index contributed by atoms with van der Waals surface area (Å²) in [5, 5.41) is 8.93. The molecule has 0 saturated heterocycles. The third-order valence-corrected chi connectivity index (χ3v) is 2.52. The van der Waals surface area contributed by atoms with Gasteiger partial charge in [-0.15, -0.1) is 0 Å². The standard InChI is InChI=1S/C6H14O3S/c1-3-4-5-6(7)10(2,8)9/h6-7H,3-5H2,1-2H3. The van der Waals surface area contributed by atoms with Gasteiger partial charge in [0.1, 0.15) is 0 Å². The molecule has 3 nitrogen and oxygen atoms in total. The van der Waals surface area contributed by atoms with Crippen LogP contribution in [-0.2, 0) is 9.84 Å². The lowest BCUT2D eigenvalue weighted by Gasteiger charge is -2.05. The van der Waals surface area contributed by atoms with Crippen molar-refractivity contribution in [3.63, 3.8) is 0 Å². The smallest absolute Gasteiger partial charge is 0.173 e. The molecule has 0 aliphatic rings. The maximum absolute atomic E-state index is 10.6. The van der Waals surface area contributed by atoms with Crippen molar-refractivity contribution in [2.45, 2.75) is 31.6 Å². The molecule has 0 aliphatic heterocycles. The molecule has 0 fully saturated rings. The van der Waals surface area contributed by atoms with Gasteiger partial charge in [-0.2, -0.15) is 0 Å². The van der Waals surface area contributed by atoms with E-state index >= 15 is 0 Å².